The first-order valence-electron chi connectivity index (χ1n) is 5.47. The number of aryl methyl sites for hydroxylation is 1. The predicted molar refractivity (Wildman–Crippen MR) is 68.6 cm³/mol. The molecule has 1 aromatic rings. The van der Waals surface area contributed by atoms with Gasteiger partial charge in [-0.1, -0.05) is 0 Å². The molecule has 0 atom stereocenters. The normalized spacial score (nSPS) is 17.5. The summed E-state index contributed by atoms with van der Waals surface area (Å²) < 4.78 is 7.97. The average Bonchev–Trinajstić information content (AvgIpc) is 2.66. The fourth-order valence-corrected chi connectivity index (χ4v) is 2.16. The highest BCUT2D eigenvalue weighted by Gasteiger charge is 2.12. The van der Waals surface area contributed by atoms with Crippen LogP contribution in [0.25, 0.3) is 0 Å². The number of hydrogen-bond donors (Lipinski definition) is 1. The Hall–Kier alpha value is -1.08. The van der Waals surface area contributed by atoms with E-state index in [0.29, 0.717) is 25.7 Å². The molecule has 1 saturated heterocycles. The Kier molecular flexibility index (Phi) is 4.01. The zero-order valence-electron chi connectivity index (χ0n) is 9.77. The molecular formula is C10H16BrN5O. The van der Waals surface area contributed by atoms with Crippen molar-refractivity contribution in [1.29, 1.82) is 0 Å². The largest absolute Gasteiger partial charge is 0.378 e. The maximum Gasteiger partial charge on any atom is 0.191 e. The molecule has 1 aromatic heterocycles. The van der Waals surface area contributed by atoms with Gasteiger partial charge in [0.25, 0.3) is 0 Å². The van der Waals surface area contributed by atoms with Gasteiger partial charge in [-0.2, -0.15) is 5.10 Å². The number of rotatable bonds is 2. The molecule has 2 heterocycles. The molecule has 0 amide bonds. The van der Waals surface area contributed by atoms with Crippen LogP contribution in [0, 0.1) is 0 Å². The molecule has 0 spiro atoms. The van der Waals surface area contributed by atoms with Crippen LogP contribution in [0.3, 0.4) is 0 Å². The van der Waals surface area contributed by atoms with Crippen molar-refractivity contribution in [2.75, 3.05) is 26.3 Å². The van der Waals surface area contributed by atoms with E-state index >= 15 is 0 Å². The van der Waals surface area contributed by atoms with Gasteiger partial charge in [-0.15, -0.1) is 0 Å². The summed E-state index contributed by atoms with van der Waals surface area (Å²) in [6.45, 7) is 3.52. The molecule has 6 nitrogen and oxygen atoms in total. The smallest absolute Gasteiger partial charge is 0.191 e. The van der Waals surface area contributed by atoms with E-state index < -0.39 is 0 Å². The molecule has 0 radical (unpaired) electrons. The summed E-state index contributed by atoms with van der Waals surface area (Å²) in [6.07, 6.45) is 1.90. The zero-order valence-corrected chi connectivity index (χ0v) is 11.4. The molecule has 7 heteroatoms. The quantitative estimate of drug-likeness (QED) is 0.631. The highest BCUT2D eigenvalue weighted by molar-refractivity contribution is 9.10. The molecule has 2 N–H and O–H groups in total. The first kappa shape index (κ1) is 12.4. The Morgan fingerprint density at radius 1 is 1.59 bits per heavy atom. The van der Waals surface area contributed by atoms with Crippen molar-refractivity contribution >= 4 is 21.9 Å². The molecule has 1 fully saturated rings. The van der Waals surface area contributed by atoms with E-state index in [1.54, 1.807) is 4.68 Å². The monoisotopic (exact) mass is 301 g/mol. The van der Waals surface area contributed by atoms with Crippen molar-refractivity contribution in [2.24, 2.45) is 17.8 Å². The third kappa shape index (κ3) is 3.19. The van der Waals surface area contributed by atoms with Crippen LogP contribution in [0.4, 0.5) is 0 Å². The number of nitrogens with zero attached hydrogens (tertiary/aromatic N) is 4. The van der Waals surface area contributed by atoms with Crippen LogP contribution in [-0.4, -0.2) is 46.9 Å². The van der Waals surface area contributed by atoms with E-state index in [1.165, 1.54) is 0 Å². The highest BCUT2D eigenvalue weighted by atomic mass is 79.9. The Balaban J connectivity index is 1.97. The molecule has 0 unspecified atom stereocenters. The van der Waals surface area contributed by atoms with Gasteiger partial charge in [0.05, 0.1) is 29.9 Å². The Bertz CT molecular complexity index is 411. The van der Waals surface area contributed by atoms with Gasteiger partial charge in [0, 0.05) is 26.3 Å². The van der Waals surface area contributed by atoms with Gasteiger partial charge in [-0.3, -0.25) is 4.68 Å². The number of aromatic nitrogens is 2. The standard InChI is InChI=1S/C10H16BrN5O/c1-15-7-8(11)9(14-15)6-13-10(12)16-2-4-17-5-3-16/h7H,2-6H2,1H3,(H2,12,13). The highest BCUT2D eigenvalue weighted by Crippen LogP contribution is 2.14. The van der Waals surface area contributed by atoms with Crippen LogP contribution in [0.15, 0.2) is 15.7 Å². The van der Waals surface area contributed by atoms with E-state index in [-0.39, 0.29) is 0 Å². The van der Waals surface area contributed by atoms with Gasteiger partial charge in [0.15, 0.2) is 5.96 Å². The van der Waals surface area contributed by atoms with Crippen molar-refractivity contribution in [2.45, 2.75) is 6.54 Å². The molecule has 0 aromatic carbocycles. The summed E-state index contributed by atoms with van der Waals surface area (Å²) in [4.78, 5) is 6.38. The minimum atomic E-state index is 0.491. The summed E-state index contributed by atoms with van der Waals surface area (Å²) >= 11 is 3.44. The molecule has 0 aliphatic carbocycles. The summed E-state index contributed by atoms with van der Waals surface area (Å²) in [5.74, 6) is 0.561. The van der Waals surface area contributed by atoms with E-state index in [2.05, 4.69) is 26.0 Å². The summed E-state index contributed by atoms with van der Waals surface area (Å²) in [7, 11) is 1.88. The lowest BCUT2D eigenvalue weighted by Crippen LogP contribution is -2.44. The maximum atomic E-state index is 5.92. The van der Waals surface area contributed by atoms with Gasteiger partial charge in [0.1, 0.15) is 0 Å². The van der Waals surface area contributed by atoms with Crippen LogP contribution in [0.1, 0.15) is 5.69 Å². The van der Waals surface area contributed by atoms with Crippen LogP contribution in [0.5, 0.6) is 0 Å². The Morgan fingerprint density at radius 3 is 2.88 bits per heavy atom. The van der Waals surface area contributed by atoms with Crippen molar-refractivity contribution in [1.82, 2.24) is 14.7 Å². The van der Waals surface area contributed by atoms with Crippen molar-refractivity contribution in [3.05, 3.63) is 16.4 Å². The second-order valence-electron chi connectivity index (χ2n) is 3.87. The number of hydrogen-bond acceptors (Lipinski definition) is 3. The number of morpholine rings is 1. The number of ether oxygens (including phenoxy) is 1. The Labute approximate surface area is 109 Å². The third-order valence-electron chi connectivity index (χ3n) is 2.58. The summed E-state index contributed by atoms with van der Waals surface area (Å²) in [6, 6.07) is 0. The van der Waals surface area contributed by atoms with Crippen molar-refractivity contribution < 1.29 is 4.74 Å². The van der Waals surface area contributed by atoms with E-state index in [1.807, 2.05) is 18.1 Å². The van der Waals surface area contributed by atoms with Gasteiger partial charge in [-0.05, 0) is 15.9 Å². The average molecular weight is 302 g/mol. The topological polar surface area (TPSA) is 68.7 Å². The molecule has 1 aliphatic rings. The van der Waals surface area contributed by atoms with E-state index in [4.69, 9.17) is 10.5 Å². The predicted octanol–water partition coefficient (Wildman–Crippen LogP) is 0.329. The zero-order chi connectivity index (χ0) is 12.3. The number of guanidine groups is 1. The third-order valence-corrected chi connectivity index (χ3v) is 3.24. The summed E-state index contributed by atoms with van der Waals surface area (Å²) in [5.41, 5.74) is 6.82. The van der Waals surface area contributed by atoms with Crippen LogP contribution >= 0.6 is 15.9 Å². The molecule has 94 valence electrons. The van der Waals surface area contributed by atoms with Gasteiger partial charge in [-0.25, -0.2) is 4.99 Å². The van der Waals surface area contributed by atoms with Gasteiger partial charge < -0.3 is 15.4 Å². The van der Waals surface area contributed by atoms with Crippen LogP contribution in [-0.2, 0) is 18.3 Å². The minimum Gasteiger partial charge on any atom is -0.378 e. The lowest BCUT2D eigenvalue weighted by Gasteiger charge is -2.27. The van der Waals surface area contributed by atoms with E-state index in [0.717, 1.165) is 23.3 Å². The first-order valence-corrected chi connectivity index (χ1v) is 6.27. The number of halogens is 1. The first-order chi connectivity index (χ1) is 8.16. The van der Waals surface area contributed by atoms with Crippen molar-refractivity contribution in [3.8, 4) is 0 Å². The van der Waals surface area contributed by atoms with E-state index in [9.17, 15) is 0 Å². The van der Waals surface area contributed by atoms with Crippen LogP contribution in [0.2, 0.25) is 0 Å². The van der Waals surface area contributed by atoms with Crippen LogP contribution < -0.4 is 5.73 Å². The SMILES string of the molecule is Cn1cc(Br)c(CN=C(N)N2CCOCC2)n1. The lowest BCUT2D eigenvalue weighted by atomic mass is 10.4. The molecule has 2 rings (SSSR count). The molecule has 0 bridgehead atoms. The fourth-order valence-electron chi connectivity index (χ4n) is 1.66. The van der Waals surface area contributed by atoms with Gasteiger partial charge in [0.2, 0.25) is 0 Å². The summed E-state index contributed by atoms with van der Waals surface area (Å²) in [5, 5.41) is 4.29. The molecule has 17 heavy (non-hydrogen) atoms. The number of nitrogens with two attached hydrogens (primary N) is 1. The molecular weight excluding hydrogens is 286 g/mol. The Morgan fingerprint density at radius 2 is 2.29 bits per heavy atom. The number of aliphatic imine (C=N–C) groups is 1. The maximum absolute atomic E-state index is 5.92. The second kappa shape index (κ2) is 5.50. The second-order valence-corrected chi connectivity index (χ2v) is 4.73. The molecule has 0 saturated carbocycles. The van der Waals surface area contributed by atoms with Gasteiger partial charge >= 0.3 is 0 Å². The van der Waals surface area contributed by atoms with Crippen molar-refractivity contribution in [3.63, 3.8) is 0 Å². The lowest BCUT2D eigenvalue weighted by molar-refractivity contribution is 0.0674. The fraction of sp³-hybridized carbons (Fsp3) is 0.600. The minimum absolute atomic E-state index is 0.491. The molecule has 1 aliphatic heterocycles.